The van der Waals surface area contributed by atoms with Gasteiger partial charge in [0.2, 0.25) is 0 Å². The number of carbonyl (C=O) groups is 1. The van der Waals surface area contributed by atoms with Crippen LogP contribution in [0.1, 0.15) is 24.3 Å². The van der Waals surface area contributed by atoms with E-state index in [1.54, 1.807) is 11.9 Å². The van der Waals surface area contributed by atoms with Gasteiger partial charge in [-0.15, -0.1) is 0 Å². The molecule has 0 unspecified atom stereocenters. The molecule has 1 aromatic heterocycles. The number of aromatic nitrogens is 2. The van der Waals surface area contributed by atoms with Crippen molar-refractivity contribution in [3.63, 3.8) is 0 Å². The van der Waals surface area contributed by atoms with E-state index in [0.29, 0.717) is 5.82 Å². The Balaban J connectivity index is 3.13. The highest BCUT2D eigenvalue weighted by Gasteiger charge is 2.17. The fraction of sp³-hybridized carbons (Fsp3) is 0.444. The van der Waals surface area contributed by atoms with Crippen molar-refractivity contribution in [3.8, 4) is 0 Å². The van der Waals surface area contributed by atoms with Crippen LogP contribution >= 0.6 is 0 Å². The molecular weight excluding hydrogens is 182 g/mol. The standard InChI is InChI=1S/C9H13N3O2/c1-6(2)12(3)8-7(9(13)14)10-4-5-11-8/h4-6H,1-3H3,(H,13,14). The molecule has 0 bridgehead atoms. The van der Waals surface area contributed by atoms with Gasteiger partial charge in [0.25, 0.3) is 0 Å². The van der Waals surface area contributed by atoms with Gasteiger partial charge in [0, 0.05) is 25.5 Å². The molecule has 0 aromatic carbocycles. The Labute approximate surface area is 82.4 Å². The minimum absolute atomic E-state index is 0.0105. The SMILES string of the molecule is CC(C)N(C)c1nccnc1C(=O)O. The van der Waals surface area contributed by atoms with Crippen LogP contribution in [0.2, 0.25) is 0 Å². The van der Waals surface area contributed by atoms with Gasteiger partial charge in [0.15, 0.2) is 11.5 Å². The van der Waals surface area contributed by atoms with Gasteiger partial charge in [0.1, 0.15) is 0 Å². The Bertz CT molecular complexity index is 339. The molecule has 5 heteroatoms. The third kappa shape index (κ3) is 1.99. The zero-order chi connectivity index (χ0) is 10.7. The molecule has 5 nitrogen and oxygen atoms in total. The van der Waals surface area contributed by atoms with E-state index < -0.39 is 5.97 Å². The van der Waals surface area contributed by atoms with Crippen molar-refractivity contribution < 1.29 is 9.90 Å². The second kappa shape index (κ2) is 4.04. The van der Waals surface area contributed by atoms with Gasteiger partial charge in [-0.05, 0) is 13.8 Å². The molecule has 1 aromatic rings. The van der Waals surface area contributed by atoms with Crippen LogP contribution in [0.25, 0.3) is 0 Å². The summed E-state index contributed by atoms with van der Waals surface area (Å²) in [5.74, 6) is -0.657. The summed E-state index contributed by atoms with van der Waals surface area (Å²) in [7, 11) is 1.79. The van der Waals surface area contributed by atoms with Crippen LogP contribution in [-0.4, -0.2) is 34.1 Å². The Hall–Kier alpha value is -1.65. The molecule has 0 fully saturated rings. The smallest absolute Gasteiger partial charge is 0.358 e. The summed E-state index contributed by atoms with van der Waals surface area (Å²) in [6.07, 6.45) is 2.86. The minimum Gasteiger partial charge on any atom is -0.476 e. The molecule has 0 saturated carbocycles. The van der Waals surface area contributed by atoms with Crippen molar-refractivity contribution in [1.82, 2.24) is 9.97 Å². The van der Waals surface area contributed by atoms with Crippen molar-refractivity contribution in [1.29, 1.82) is 0 Å². The summed E-state index contributed by atoms with van der Waals surface area (Å²) < 4.78 is 0. The van der Waals surface area contributed by atoms with E-state index in [1.807, 2.05) is 13.8 Å². The molecule has 76 valence electrons. The zero-order valence-corrected chi connectivity index (χ0v) is 8.43. The molecule has 0 spiro atoms. The highest BCUT2D eigenvalue weighted by molar-refractivity contribution is 5.90. The maximum absolute atomic E-state index is 10.8. The summed E-state index contributed by atoms with van der Waals surface area (Å²) in [6.45, 7) is 3.92. The molecule has 0 radical (unpaired) electrons. The third-order valence-electron chi connectivity index (χ3n) is 1.99. The Kier molecular flexibility index (Phi) is 3.01. The lowest BCUT2D eigenvalue weighted by Crippen LogP contribution is -2.28. The minimum atomic E-state index is -1.06. The van der Waals surface area contributed by atoms with E-state index in [9.17, 15) is 4.79 Å². The highest BCUT2D eigenvalue weighted by Crippen LogP contribution is 2.15. The third-order valence-corrected chi connectivity index (χ3v) is 1.99. The van der Waals surface area contributed by atoms with Gasteiger partial charge >= 0.3 is 5.97 Å². The van der Waals surface area contributed by atoms with Crippen LogP contribution in [0.3, 0.4) is 0 Å². The fourth-order valence-electron chi connectivity index (χ4n) is 0.984. The van der Waals surface area contributed by atoms with Crippen molar-refractivity contribution in [3.05, 3.63) is 18.1 Å². The van der Waals surface area contributed by atoms with Crippen molar-refractivity contribution >= 4 is 11.8 Å². The summed E-state index contributed by atoms with van der Waals surface area (Å²) in [6, 6.07) is 0.185. The number of aromatic carboxylic acids is 1. The number of anilines is 1. The quantitative estimate of drug-likeness (QED) is 0.780. The van der Waals surface area contributed by atoms with Crippen LogP contribution in [0.4, 0.5) is 5.82 Å². The number of carboxylic acids is 1. The average Bonchev–Trinajstić information content (AvgIpc) is 2.16. The van der Waals surface area contributed by atoms with Crippen LogP contribution < -0.4 is 4.90 Å². The normalized spacial score (nSPS) is 10.3. The molecule has 14 heavy (non-hydrogen) atoms. The van der Waals surface area contributed by atoms with E-state index in [-0.39, 0.29) is 11.7 Å². The summed E-state index contributed by atoms with van der Waals surface area (Å²) in [4.78, 5) is 20.4. The fourth-order valence-corrected chi connectivity index (χ4v) is 0.984. The second-order valence-corrected chi connectivity index (χ2v) is 3.24. The molecule has 1 N–H and O–H groups in total. The second-order valence-electron chi connectivity index (χ2n) is 3.24. The maximum atomic E-state index is 10.8. The number of rotatable bonds is 3. The monoisotopic (exact) mass is 195 g/mol. The Morgan fingerprint density at radius 3 is 2.50 bits per heavy atom. The van der Waals surface area contributed by atoms with E-state index in [0.717, 1.165) is 0 Å². The van der Waals surface area contributed by atoms with Gasteiger partial charge in [0.05, 0.1) is 0 Å². The number of hydrogen-bond acceptors (Lipinski definition) is 4. The van der Waals surface area contributed by atoms with Gasteiger partial charge in [-0.3, -0.25) is 0 Å². The molecule has 0 saturated heterocycles. The highest BCUT2D eigenvalue weighted by atomic mass is 16.4. The van der Waals surface area contributed by atoms with Crippen LogP contribution in [0.15, 0.2) is 12.4 Å². The first-order valence-electron chi connectivity index (χ1n) is 4.31. The van der Waals surface area contributed by atoms with Crippen LogP contribution in [0.5, 0.6) is 0 Å². The van der Waals surface area contributed by atoms with Crippen molar-refractivity contribution in [2.75, 3.05) is 11.9 Å². The lowest BCUT2D eigenvalue weighted by atomic mass is 10.3. The molecule has 0 atom stereocenters. The molecule has 1 rings (SSSR count). The Morgan fingerprint density at radius 2 is 2.00 bits per heavy atom. The van der Waals surface area contributed by atoms with E-state index in [2.05, 4.69) is 9.97 Å². The lowest BCUT2D eigenvalue weighted by molar-refractivity contribution is 0.0690. The number of nitrogens with zero attached hydrogens (tertiary/aromatic N) is 3. The zero-order valence-electron chi connectivity index (χ0n) is 8.43. The Morgan fingerprint density at radius 1 is 1.43 bits per heavy atom. The summed E-state index contributed by atoms with van der Waals surface area (Å²) in [5, 5.41) is 8.87. The van der Waals surface area contributed by atoms with Gasteiger partial charge in [-0.25, -0.2) is 14.8 Å². The molecule has 0 aliphatic heterocycles. The van der Waals surface area contributed by atoms with Crippen LogP contribution in [0, 0.1) is 0 Å². The predicted molar refractivity (Wildman–Crippen MR) is 52.5 cm³/mol. The summed E-state index contributed by atoms with van der Waals surface area (Å²) >= 11 is 0. The first kappa shape index (κ1) is 10.4. The first-order chi connectivity index (χ1) is 6.54. The van der Waals surface area contributed by atoms with Crippen molar-refractivity contribution in [2.45, 2.75) is 19.9 Å². The maximum Gasteiger partial charge on any atom is 0.358 e. The molecule has 0 amide bonds. The van der Waals surface area contributed by atoms with Crippen LogP contribution in [-0.2, 0) is 0 Å². The lowest BCUT2D eigenvalue weighted by Gasteiger charge is -2.22. The number of hydrogen-bond donors (Lipinski definition) is 1. The molecule has 0 aliphatic rings. The number of carboxylic acid groups (broad SMARTS) is 1. The summed E-state index contributed by atoms with van der Waals surface area (Å²) in [5.41, 5.74) is -0.0105. The van der Waals surface area contributed by atoms with Gasteiger partial charge in [-0.1, -0.05) is 0 Å². The van der Waals surface area contributed by atoms with E-state index in [1.165, 1.54) is 12.4 Å². The topological polar surface area (TPSA) is 66.3 Å². The van der Waals surface area contributed by atoms with E-state index in [4.69, 9.17) is 5.11 Å². The average molecular weight is 195 g/mol. The largest absolute Gasteiger partial charge is 0.476 e. The molecule has 0 aliphatic carbocycles. The molecular formula is C9H13N3O2. The molecule has 1 heterocycles. The van der Waals surface area contributed by atoms with Gasteiger partial charge in [-0.2, -0.15) is 0 Å². The van der Waals surface area contributed by atoms with E-state index >= 15 is 0 Å². The predicted octanol–water partition coefficient (Wildman–Crippen LogP) is 1.02. The first-order valence-corrected chi connectivity index (χ1v) is 4.31. The van der Waals surface area contributed by atoms with Crippen molar-refractivity contribution in [2.24, 2.45) is 0 Å². The van der Waals surface area contributed by atoms with Gasteiger partial charge < -0.3 is 10.0 Å².